The van der Waals surface area contributed by atoms with Crippen LogP contribution in [0.5, 0.6) is 0 Å². The molecule has 0 atom stereocenters. The van der Waals surface area contributed by atoms with Crippen LogP contribution in [0.25, 0.3) is 0 Å². The summed E-state index contributed by atoms with van der Waals surface area (Å²) in [4.78, 5) is 0. The van der Waals surface area contributed by atoms with Crippen LogP contribution in [-0.4, -0.2) is 11.4 Å². The molecule has 94 valence electrons. The smallest absolute Gasteiger partial charge is 0.0450 e. The predicted molar refractivity (Wildman–Crippen MR) is 74.8 cm³/mol. The predicted octanol–water partition coefficient (Wildman–Crippen LogP) is 4.37. The van der Waals surface area contributed by atoms with Gasteiger partial charge in [-0.25, -0.2) is 0 Å². The van der Waals surface area contributed by atoms with E-state index in [2.05, 4.69) is 11.4 Å². The van der Waals surface area contributed by atoms with Gasteiger partial charge in [0.15, 0.2) is 0 Å². The van der Waals surface area contributed by atoms with E-state index in [4.69, 9.17) is 23.2 Å². The maximum atomic E-state index is 6.16. The maximum Gasteiger partial charge on any atom is 0.0450 e. The summed E-state index contributed by atoms with van der Waals surface area (Å²) >= 11 is 12.3. The van der Waals surface area contributed by atoms with Crippen LogP contribution in [0.1, 0.15) is 37.7 Å². The van der Waals surface area contributed by atoms with Gasteiger partial charge in [-0.3, -0.25) is 0 Å². The van der Waals surface area contributed by atoms with E-state index in [0.29, 0.717) is 5.88 Å². The Morgan fingerprint density at radius 2 is 1.82 bits per heavy atom. The highest BCUT2D eigenvalue weighted by atomic mass is 35.5. The van der Waals surface area contributed by atoms with Crippen LogP contribution in [-0.2, 0) is 6.54 Å². The summed E-state index contributed by atoms with van der Waals surface area (Å²) in [5, 5.41) is 4.46. The van der Waals surface area contributed by atoms with Crippen molar-refractivity contribution in [3.8, 4) is 0 Å². The highest BCUT2D eigenvalue weighted by molar-refractivity contribution is 6.31. The van der Waals surface area contributed by atoms with Gasteiger partial charge in [0, 0.05) is 23.0 Å². The molecule has 1 fully saturated rings. The summed E-state index contributed by atoms with van der Waals surface area (Å²) in [6, 6.07) is 7.99. The first-order valence-corrected chi connectivity index (χ1v) is 7.21. The molecule has 1 aliphatic carbocycles. The van der Waals surface area contributed by atoms with Gasteiger partial charge in [-0.15, -0.1) is 11.6 Å². The third kappa shape index (κ3) is 3.37. The zero-order valence-corrected chi connectivity index (χ0v) is 11.5. The van der Waals surface area contributed by atoms with Crippen LogP contribution in [0.4, 0.5) is 0 Å². The number of nitrogens with one attached hydrogen (secondary N) is 1. The largest absolute Gasteiger partial charge is 0.306 e. The van der Waals surface area contributed by atoms with Crippen LogP contribution in [0.2, 0.25) is 5.02 Å². The lowest BCUT2D eigenvalue weighted by molar-refractivity contribution is 0.256. The molecule has 1 saturated carbocycles. The molecular formula is C14H19Cl2N. The topological polar surface area (TPSA) is 12.0 Å². The van der Waals surface area contributed by atoms with Gasteiger partial charge in [-0.1, -0.05) is 49.1 Å². The van der Waals surface area contributed by atoms with Gasteiger partial charge < -0.3 is 5.32 Å². The van der Waals surface area contributed by atoms with Gasteiger partial charge in [0.05, 0.1) is 0 Å². The van der Waals surface area contributed by atoms with E-state index in [1.54, 1.807) is 0 Å². The van der Waals surface area contributed by atoms with E-state index in [1.165, 1.54) is 32.1 Å². The Balaban J connectivity index is 1.98. The van der Waals surface area contributed by atoms with E-state index in [1.807, 2.05) is 18.2 Å². The molecular weight excluding hydrogens is 253 g/mol. The lowest BCUT2D eigenvalue weighted by atomic mass is 9.83. The monoisotopic (exact) mass is 271 g/mol. The Kier molecular flexibility index (Phi) is 4.72. The summed E-state index contributed by atoms with van der Waals surface area (Å²) in [6.07, 6.45) is 6.26. The molecule has 0 radical (unpaired) electrons. The highest BCUT2D eigenvalue weighted by Gasteiger charge is 2.30. The molecule has 0 aliphatic heterocycles. The van der Waals surface area contributed by atoms with Crippen molar-refractivity contribution in [2.24, 2.45) is 0 Å². The second kappa shape index (κ2) is 6.08. The second-order valence-electron chi connectivity index (χ2n) is 4.92. The molecule has 3 heteroatoms. The molecule has 1 aliphatic rings. The van der Waals surface area contributed by atoms with Crippen molar-refractivity contribution in [2.75, 3.05) is 5.88 Å². The van der Waals surface area contributed by atoms with Crippen molar-refractivity contribution in [3.05, 3.63) is 34.9 Å². The van der Waals surface area contributed by atoms with Gasteiger partial charge >= 0.3 is 0 Å². The fraction of sp³-hybridized carbons (Fsp3) is 0.571. The first-order chi connectivity index (χ1) is 8.26. The Morgan fingerprint density at radius 3 is 2.47 bits per heavy atom. The summed E-state index contributed by atoms with van der Waals surface area (Å²) < 4.78 is 0. The van der Waals surface area contributed by atoms with Crippen LogP contribution >= 0.6 is 23.2 Å². The van der Waals surface area contributed by atoms with Crippen molar-refractivity contribution in [2.45, 2.75) is 44.2 Å². The van der Waals surface area contributed by atoms with Crippen molar-refractivity contribution >= 4 is 23.2 Å². The van der Waals surface area contributed by atoms with Gasteiger partial charge in [0.2, 0.25) is 0 Å². The van der Waals surface area contributed by atoms with Crippen LogP contribution < -0.4 is 5.32 Å². The molecule has 1 N–H and O–H groups in total. The van der Waals surface area contributed by atoms with Crippen molar-refractivity contribution in [3.63, 3.8) is 0 Å². The van der Waals surface area contributed by atoms with Crippen molar-refractivity contribution in [1.29, 1.82) is 0 Å². The molecule has 0 amide bonds. The van der Waals surface area contributed by atoms with Crippen LogP contribution in [0.3, 0.4) is 0 Å². The van der Waals surface area contributed by atoms with E-state index in [-0.39, 0.29) is 5.54 Å². The maximum absolute atomic E-state index is 6.16. The summed E-state index contributed by atoms with van der Waals surface area (Å²) in [5.74, 6) is 0.692. The summed E-state index contributed by atoms with van der Waals surface area (Å²) in [5.41, 5.74) is 1.28. The van der Waals surface area contributed by atoms with Crippen molar-refractivity contribution in [1.82, 2.24) is 5.32 Å². The minimum Gasteiger partial charge on any atom is -0.306 e. The molecule has 1 nitrogen and oxygen atoms in total. The second-order valence-corrected chi connectivity index (χ2v) is 5.59. The molecule has 2 rings (SSSR count). The van der Waals surface area contributed by atoms with Gasteiger partial charge in [-0.05, 0) is 24.5 Å². The number of alkyl halides is 1. The zero-order chi connectivity index (χ0) is 12.1. The van der Waals surface area contributed by atoms with Gasteiger partial charge in [0.1, 0.15) is 0 Å². The number of hydrogen-bond acceptors (Lipinski definition) is 1. The molecule has 1 aromatic rings. The number of halogens is 2. The summed E-state index contributed by atoms with van der Waals surface area (Å²) in [6.45, 7) is 0.812. The van der Waals surface area contributed by atoms with E-state index >= 15 is 0 Å². The lowest BCUT2D eigenvalue weighted by Crippen LogP contribution is -2.48. The van der Waals surface area contributed by atoms with E-state index in [9.17, 15) is 0 Å². The fourth-order valence-electron chi connectivity index (χ4n) is 2.51. The first kappa shape index (κ1) is 13.2. The highest BCUT2D eigenvalue weighted by Crippen LogP contribution is 2.30. The average Bonchev–Trinajstić information content (AvgIpc) is 2.39. The standard InChI is InChI=1S/C14H19Cl2N/c15-11-14(8-4-1-5-9-14)17-10-12-6-2-3-7-13(12)16/h2-3,6-7,17H,1,4-5,8-11H2. The first-order valence-electron chi connectivity index (χ1n) is 6.30. The van der Waals surface area contributed by atoms with E-state index < -0.39 is 0 Å². The van der Waals surface area contributed by atoms with E-state index in [0.717, 1.165) is 17.1 Å². The molecule has 0 saturated heterocycles. The molecule has 1 aromatic carbocycles. The summed E-state index contributed by atoms with van der Waals surface area (Å²) in [7, 11) is 0. The quantitative estimate of drug-likeness (QED) is 0.802. The number of hydrogen-bond donors (Lipinski definition) is 1. The third-order valence-electron chi connectivity index (χ3n) is 3.68. The molecule has 0 spiro atoms. The van der Waals surface area contributed by atoms with Crippen LogP contribution in [0.15, 0.2) is 24.3 Å². The zero-order valence-electron chi connectivity index (χ0n) is 10.0. The fourth-order valence-corrected chi connectivity index (χ4v) is 3.07. The number of benzene rings is 1. The molecule has 0 bridgehead atoms. The minimum atomic E-state index is 0.124. The SMILES string of the molecule is ClCC1(NCc2ccccc2Cl)CCCCC1. The Bertz CT molecular complexity index is 359. The van der Waals surface area contributed by atoms with Crippen molar-refractivity contribution < 1.29 is 0 Å². The molecule has 0 aromatic heterocycles. The normalized spacial score (nSPS) is 19.2. The van der Waals surface area contributed by atoms with Gasteiger partial charge in [-0.2, -0.15) is 0 Å². The minimum absolute atomic E-state index is 0.124. The Labute approximate surface area is 114 Å². The Hall–Kier alpha value is -0.240. The molecule has 0 heterocycles. The third-order valence-corrected chi connectivity index (χ3v) is 4.56. The molecule has 17 heavy (non-hydrogen) atoms. The van der Waals surface area contributed by atoms with Gasteiger partial charge in [0.25, 0.3) is 0 Å². The van der Waals surface area contributed by atoms with Crippen LogP contribution in [0, 0.1) is 0 Å². The average molecular weight is 272 g/mol. The lowest BCUT2D eigenvalue weighted by Gasteiger charge is -2.36. The molecule has 0 unspecified atom stereocenters. The Morgan fingerprint density at radius 1 is 1.12 bits per heavy atom. The number of rotatable bonds is 4.